The molecule has 0 saturated carbocycles. The van der Waals surface area contributed by atoms with Gasteiger partial charge in [0.25, 0.3) is 0 Å². The molecule has 1 aliphatic heterocycles. The SMILES string of the molecule is O=C(O)[C@@H](Cc1ccc(F)cc1)N1CCCCC1. The maximum Gasteiger partial charge on any atom is 0.321 e. The lowest BCUT2D eigenvalue weighted by Crippen LogP contribution is -2.45. The molecule has 18 heavy (non-hydrogen) atoms. The van der Waals surface area contributed by atoms with E-state index in [4.69, 9.17) is 0 Å². The molecule has 0 amide bonds. The lowest BCUT2D eigenvalue weighted by atomic mass is 10.0. The van der Waals surface area contributed by atoms with E-state index in [-0.39, 0.29) is 5.82 Å². The summed E-state index contributed by atoms with van der Waals surface area (Å²) in [5.74, 6) is -1.08. The Morgan fingerprint density at radius 3 is 2.39 bits per heavy atom. The third kappa shape index (κ3) is 3.29. The molecule has 1 saturated heterocycles. The van der Waals surface area contributed by atoms with Gasteiger partial charge in [-0.3, -0.25) is 9.69 Å². The number of hydrogen-bond acceptors (Lipinski definition) is 2. The summed E-state index contributed by atoms with van der Waals surface area (Å²) in [4.78, 5) is 13.4. The van der Waals surface area contributed by atoms with Crippen LogP contribution in [0, 0.1) is 5.82 Å². The molecule has 1 aromatic carbocycles. The number of carbonyl (C=O) groups is 1. The number of benzene rings is 1. The van der Waals surface area contributed by atoms with E-state index in [0.717, 1.165) is 31.5 Å². The largest absolute Gasteiger partial charge is 0.480 e. The van der Waals surface area contributed by atoms with E-state index < -0.39 is 12.0 Å². The average molecular weight is 251 g/mol. The van der Waals surface area contributed by atoms with Gasteiger partial charge in [0.15, 0.2) is 0 Å². The Hall–Kier alpha value is -1.42. The second-order valence-electron chi connectivity index (χ2n) is 4.78. The zero-order valence-electron chi connectivity index (χ0n) is 10.3. The number of carboxylic acid groups (broad SMARTS) is 1. The van der Waals surface area contributed by atoms with Crippen LogP contribution in [0.15, 0.2) is 24.3 Å². The van der Waals surface area contributed by atoms with Crippen LogP contribution in [0.3, 0.4) is 0 Å². The van der Waals surface area contributed by atoms with Crippen molar-refractivity contribution in [1.82, 2.24) is 4.90 Å². The van der Waals surface area contributed by atoms with Crippen LogP contribution in [0.25, 0.3) is 0 Å². The lowest BCUT2D eigenvalue weighted by Gasteiger charge is -2.32. The lowest BCUT2D eigenvalue weighted by molar-refractivity contribution is -0.143. The van der Waals surface area contributed by atoms with E-state index in [0.29, 0.717) is 6.42 Å². The van der Waals surface area contributed by atoms with E-state index >= 15 is 0 Å². The Balaban J connectivity index is 2.05. The zero-order valence-corrected chi connectivity index (χ0v) is 10.3. The molecule has 0 unspecified atom stereocenters. The van der Waals surface area contributed by atoms with Crippen molar-refractivity contribution in [2.75, 3.05) is 13.1 Å². The predicted octanol–water partition coefficient (Wildman–Crippen LogP) is 2.31. The van der Waals surface area contributed by atoms with Gasteiger partial charge >= 0.3 is 5.97 Å². The molecule has 0 aliphatic carbocycles. The minimum absolute atomic E-state index is 0.288. The normalized spacial score (nSPS) is 18.5. The van der Waals surface area contributed by atoms with Crippen molar-refractivity contribution in [3.8, 4) is 0 Å². The highest BCUT2D eigenvalue weighted by Crippen LogP contribution is 2.16. The van der Waals surface area contributed by atoms with Crippen LogP contribution >= 0.6 is 0 Å². The quantitative estimate of drug-likeness (QED) is 0.892. The maximum atomic E-state index is 12.8. The Kier molecular flexibility index (Phi) is 4.31. The van der Waals surface area contributed by atoms with Crippen LogP contribution in [-0.4, -0.2) is 35.1 Å². The van der Waals surface area contributed by atoms with Crippen LogP contribution in [0.4, 0.5) is 4.39 Å². The summed E-state index contributed by atoms with van der Waals surface area (Å²) in [6, 6.07) is 5.59. The van der Waals surface area contributed by atoms with Gasteiger partial charge in [-0.1, -0.05) is 18.6 Å². The Morgan fingerprint density at radius 1 is 1.22 bits per heavy atom. The number of hydrogen-bond donors (Lipinski definition) is 1. The molecule has 98 valence electrons. The fourth-order valence-corrected chi connectivity index (χ4v) is 2.45. The van der Waals surface area contributed by atoms with Gasteiger partial charge in [0.2, 0.25) is 0 Å². The second-order valence-corrected chi connectivity index (χ2v) is 4.78. The molecule has 0 aromatic heterocycles. The van der Waals surface area contributed by atoms with E-state index in [9.17, 15) is 14.3 Å². The number of carboxylic acids is 1. The monoisotopic (exact) mass is 251 g/mol. The van der Waals surface area contributed by atoms with Gasteiger partial charge < -0.3 is 5.11 Å². The predicted molar refractivity (Wildman–Crippen MR) is 67.0 cm³/mol. The van der Waals surface area contributed by atoms with Gasteiger partial charge in [-0.25, -0.2) is 4.39 Å². The van der Waals surface area contributed by atoms with E-state index in [1.807, 2.05) is 4.90 Å². The van der Waals surface area contributed by atoms with E-state index in [1.165, 1.54) is 18.6 Å². The van der Waals surface area contributed by atoms with Crippen LogP contribution < -0.4 is 0 Å². The molecule has 4 heteroatoms. The number of piperidine rings is 1. The summed E-state index contributed by atoms with van der Waals surface area (Å²) in [6.07, 6.45) is 3.75. The summed E-state index contributed by atoms with van der Waals surface area (Å²) >= 11 is 0. The van der Waals surface area contributed by atoms with Crippen molar-refractivity contribution in [3.05, 3.63) is 35.6 Å². The zero-order chi connectivity index (χ0) is 13.0. The van der Waals surface area contributed by atoms with Crippen molar-refractivity contribution in [3.63, 3.8) is 0 Å². The summed E-state index contributed by atoms with van der Waals surface area (Å²) in [7, 11) is 0. The highest BCUT2D eigenvalue weighted by Gasteiger charge is 2.26. The van der Waals surface area contributed by atoms with Crippen LogP contribution in [0.1, 0.15) is 24.8 Å². The number of likely N-dealkylation sites (tertiary alicyclic amines) is 1. The highest BCUT2D eigenvalue weighted by atomic mass is 19.1. The van der Waals surface area contributed by atoms with Crippen molar-refractivity contribution >= 4 is 5.97 Å². The first-order valence-corrected chi connectivity index (χ1v) is 6.38. The molecule has 1 atom stereocenters. The van der Waals surface area contributed by atoms with Gasteiger partial charge in [0, 0.05) is 0 Å². The topological polar surface area (TPSA) is 40.5 Å². The van der Waals surface area contributed by atoms with Gasteiger partial charge in [-0.2, -0.15) is 0 Å². The number of nitrogens with zero attached hydrogens (tertiary/aromatic N) is 1. The van der Waals surface area contributed by atoms with E-state index in [1.54, 1.807) is 12.1 Å². The smallest absolute Gasteiger partial charge is 0.321 e. The minimum Gasteiger partial charge on any atom is -0.480 e. The summed E-state index contributed by atoms with van der Waals surface area (Å²) < 4.78 is 12.8. The Labute approximate surface area is 106 Å². The molecular weight excluding hydrogens is 233 g/mol. The highest BCUT2D eigenvalue weighted by molar-refractivity contribution is 5.74. The molecule has 2 rings (SSSR count). The first kappa shape index (κ1) is 13.0. The first-order valence-electron chi connectivity index (χ1n) is 6.38. The standard InChI is InChI=1S/C14H18FNO2/c15-12-6-4-11(5-7-12)10-13(14(17)18)16-8-2-1-3-9-16/h4-7,13H,1-3,8-10H2,(H,17,18)/t13-/m1/s1. The third-order valence-electron chi connectivity index (χ3n) is 3.46. The molecular formula is C14H18FNO2. The minimum atomic E-state index is -0.791. The number of halogens is 1. The van der Waals surface area contributed by atoms with Gasteiger partial charge in [0.1, 0.15) is 11.9 Å². The molecule has 0 radical (unpaired) electrons. The molecule has 0 bridgehead atoms. The molecule has 1 heterocycles. The van der Waals surface area contributed by atoms with Crippen molar-refractivity contribution < 1.29 is 14.3 Å². The Morgan fingerprint density at radius 2 is 1.83 bits per heavy atom. The van der Waals surface area contributed by atoms with Crippen molar-refractivity contribution in [2.45, 2.75) is 31.7 Å². The van der Waals surface area contributed by atoms with Crippen LogP contribution in [0.2, 0.25) is 0 Å². The fourth-order valence-electron chi connectivity index (χ4n) is 2.45. The number of aliphatic carboxylic acids is 1. The van der Waals surface area contributed by atoms with Gasteiger partial charge in [-0.15, -0.1) is 0 Å². The van der Waals surface area contributed by atoms with Crippen molar-refractivity contribution in [2.24, 2.45) is 0 Å². The average Bonchev–Trinajstić information content (AvgIpc) is 2.38. The summed E-state index contributed by atoms with van der Waals surface area (Å²) in [5, 5.41) is 9.33. The molecule has 1 fully saturated rings. The number of rotatable bonds is 4. The fraction of sp³-hybridized carbons (Fsp3) is 0.500. The second kappa shape index (κ2) is 5.96. The molecule has 1 aliphatic rings. The maximum absolute atomic E-state index is 12.8. The molecule has 3 nitrogen and oxygen atoms in total. The summed E-state index contributed by atoms with van der Waals surface area (Å²) in [6.45, 7) is 1.69. The van der Waals surface area contributed by atoms with Crippen LogP contribution in [0.5, 0.6) is 0 Å². The van der Waals surface area contributed by atoms with Gasteiger partial charge in [0.05, 0.1) is 0 Å². The molecule has 1 aromatic rings. The Bertz CT molecular complexity index is 399. The van der Waals surface area contributed by atoms with Gasteiger partial charge in [-0.05, 0) is 50.0 Å². The first-order chi connectivity index (χ1) is 8.66. The summed E-state index contributed by atoms with van der Waals surface area (Å²) in [5.41, 5.74) is 0.870. The van der Waals surface area contributed by atoms with Crippen LogP contribution in [-0.2, 0) is 11.2 Å². The van der Waals surface area contributed by atoms with Crippen molar-refractivity contribution in [1.29, 1.82) is 0 Å². The molecule has 0 spiro atoms. The molecule has 1 N–H and O–H groups in total. The third-order valence-corrected chi connectivity index (χ3v) is 3.46. The van der Waals surface area contributed by atoms with E-state index in [2.05, 4.69) is 0 Å².